The molecular weight excluding hydrogens is 302 g/mol. The zero-order valence-corrected chi connectivity index (χ0v) is 15.1. The molecule has 3 heteroatoms. The van der Waals surface area contributed by atoms with Crippen molar-refractivity contribution in [1.82, 2.24) is 4.90 Å². The van der Waals surface area contributed by atoms with E-state index in [0.29, 0.717) is 6.04 Å². The number of hydrogen-bond donors (Lipinski definition) is 0. The predicted octanol–water partition coefficient (Wildman–Crippen LogP) is 4.57. The first-order valence-corrected chi connectivity index (χ1v) is 9.66. The van der Waals surface area contributed by atoms with Gasteiger partial charge in [0.1, 0.15) is 5.75 Å². The topological polar surface area (TPSA) is 12.5 Å². The summed E-state index contributed by atoms with van der Waals surface area (Å²) in [6, 6.07) is 9.45. The highest BCUT2D eigenvalue weighted by molar-refractivity contribution is 7.07. The number of fused-ring (bicyclic) bond motifs is 1. The molecular formula is C20H27NOS. The third-order valence-corrected chi connectivity index (χ3v) is 5.66. The van der Waals surface area contributed by atoms with Gasteiger partial charge in [-0.2, -0.15) is 11.3 Å². The van der Waals surface area contributed by atoms with Gasteiger partial charge in [-0.1, -0.05) is 19.1 Å². The summed E-state index contributed by atoms with van der Waals surface area (Å²) < 4.78 is 5.54. The van der Waals surface area contributed by atoms with Crippen molar-refractivity contribution < 1.29 is 4.74 Å². The van der Waals surface area contributed by atoms with Crippen LogP contribution in [-0.4, -0.2) is 31.1 Å². The van der Waals surface area contributed by atoms with E-state index in [1.54, 1.807) is 18.4 Å². The average Bonchev–Trinajstić information content (AvgIpc) is 3.11. The molecule has 1 aliphatic rings. The van der Waals surface area contributed by atoms with Gasteiger partial charge in [0.25, 0.3) is 0 Å². The lowest BCUT2D eigenvalue weighted by atomic mass is 9.86. The minimum Gasteiger partial charge on any atom is -0.496 e. The number of rotatable bonds is 7. The molecule has 0 N–H and O–H groups in total. The Morgan fingerprint density at radius 2 is 2.17 bits per heavy atom. The normalized spacial score (nSPS) is 17.3. The van der Waals surface area contributed by atoms with Crippen LogP contribution in [0.4, 0.5) is 0 Å². The predicted molar refractivity (Wildman–Crippen MR) is 98.7 cm³/mol. The lowest BCUT2D eigenvalue weighted by molar-refractivity contribution is 0.181. The largest absolute Gasteiger partial charge is 0.496 e. The van der Waals surface area contributed by atoms with Gasteiger partial charge in [0.05, 0.1) is 7.11 Å². The van der Waals surface area contributed by atoms with Crippen molar-refractivity contribution in [2.75, 3.05) is 20.2 Å². The van der Waals surface area contributed by atoms with Crippen molar-refractivity contribution in [3.63, 3.8) is 0 Å². The summed E-state index contributed by atoms with van der Waals surface area (Å²) in [4.78, 5) is 2.71. The first-order chi connectivity index (χ1) is 11.3. The molecule has 1 aromatic carbocycles. The monoisotopic (exact) mass is 329 g/mol. The highest BCUT2D eigenvalue weighted by Crippen LogP contribution is 2.31. The smallest absolute Gasteiger partial charge is 0.122 e. The quantitative estimate of drug-likeness (QED) is 0.738. The molecule has 2 aromatic rings. The average molecular weight is 330 g/mol. The number of thiophene rings is 1. The molecule has 1 heterocycles. The maximum Gasteiger partial charge on any atom is 0.122 e. The molecule has 23 heavy (non-hydrogen) atoms. The summed E-state index contributed by atoms with van der Waals surface area (Å²) in [5.74, 6) is 1.07. The van der Waals surface area contributed by atoms with Crippen LogP contribution in [0.1, 0.15) is 36.5 Å². The van der Waals surface area contributed by atoms with Crippen LogP contribution in [0.15, 0.2) is 35.0 Å². The lowest BCUT2D eigenvalue weighted by Gasteiger charge is -2.35. The van der Waals surface area contributed by atoms with Gasteiger partial charge in [-0.05, 0) is 78.2 Å². The third kappa shape index (κ3) is 3.96. The Labute approximate surface area is 144 Å². The van der Waals surface area contributed by atoms with Crippen LogP contribution in [0.2, 0.25) is 0 Å². The number of nitrogens with zero attached hydrogens (tertiary/aromatic N) is 1. The molecule has 124 valence electrons. The minimum absolute atomic E-state index is 0.674. The fourth-order valence-electron chi connectivity index (χ4n) is 3.73. The molecule has 0 saturated carbocycles. The summed E-state index contributed by atoms with van der Waals surface area (Å²) in [6.07, 6.45) is 5.95. The maximum atomic E-state index is 5.54. The highest BCUT2D eigenvalue weighted by Gasteiger charge is 2.25. The Hall–Kier alpha value is -1.32. The van der Waals surface area contributed by atoms with E-state index in [-0.39, 0.29) is 0 Å². The molecule has 0 spiro atoms. The van der Waals surface area contributed by atoms with Gasteiger partial charge in [0, 0.05) is 12.6 Å². The molecule has 0 fully saturated rings. The van der Waals surface area contributed by atoms with Crippen molar-refractivity contribution in [2.24, 2.45) is 0 Å². The van der Waals surface area contributed by atoms with Crippen LogP contribution in [0.5, 0.6) is 5.75 Å². The van der Waals surface area contributed by atoms with Gasteiger partial charge in [-0.3, -0.25) is 4.90 Å². The maximum absolute atomic E-state index is 5.54. The first kappa shape index (κ1) is 16.5. The van der Waals surface area contributed by atoms with Crippen LogP contribution >= 0.6 is 11.3 Å². The van der Waals surface area contributed by atoms with Gasteiger partial charge in [-0.25, -0.2) is 0 Å². The summed E-state index contributed by atoms with van der Waals surface area (Å²) in [6.45, 7) is 4.67. The van der Waals surface area contributed by atoms with Crippen molar-refractivity contribution in [1.29, 1.82) is 0 Å². The summed E-state index contributed by atoms with van der Waals surface area (Å²) in [5, 5.41) is 4.47. The molecule has 0 aliphatic heterocycles. The summed E-state index contributed by atoms with van der Waals surface area (Å²) in [7, 11) is 1.78. The third-order valence-electron chi connectivity index (χ3n) is 4.93. The van der Waals surface area contributed by atoms with Gasteiger partial charge >= 0.3 is 0 Å². The van der Waals surface area contributed by atoms with Gasteiger partial charge in [0.2, 0.25) is 0 Å². The van der Waals surface area contributed by atoms with Gasteiger partial charge in [0.15, 0.2) is 0 Å². The molecule has 0 radical (unpaired) electrons. The van der Waals surface area contributed by atoms with E-state index in [1.807, 2.05) is 0 Å². The minimum atomic E-state index is 0.674. The summed E-state index contributed by atoms with van der Waals surface area (Å²) in [5.41, 5.74) is 4.40. The van der Waals surface area contributed by atoms with Crippen LogP contribution < -0.4 is 4.74 Å². The Bertz CT molecular complexity index is 608. The Morgan fingerprint density at radius 3 is 2.91 bits per heavy atom. The number of methoxy groups -OCH3 is 1. The number of ether oxygens (including phenoxy) is 1. The van der Waals surface area contributed by atoms with Gasteiger partial charge < -0.3 is 4.74 Å². The van der Waals surface area contributed by atoms with E-state index in [4.69, 9.17) is 4.74 Å². The molecule has 1 unspecified atom stereocenters. The zero-order valence-electron chi connectivity index (χ0n) is 14.3. The van der Waals surface area contributed by atoms with E-state index in [2.05, 4.69) is 46.8 Å². The fourth-order valence-corrected chi connectivity index (χ4v) is 4.43. The molecule has 3 rings (SSSR count). The van der Waals surface area contributed by atoms with Crippen LogP contribution in [0.25, 0.3) is 0 Å². The first-order valence-electron chi connectivity index (χ1n) is 8.71. The Balaban J connectivity index is 1.68. The van der Waals surface area contributed by atoms with Crippen molar-refractivity contribution in [3.8, 4) is 5.75 Å². The van der Waals surface area contributed by atoms with Crippen molar-refractivity contribution >= 4 is 11.3 Å². The number of benzene rings is 1. The standard InChI is InChI=1S/C20H27NOS/c1-3-11-21(12-9-16-10-13-23-15-16)18-7-8-19-17(14-18)5-4-6-20(19)22-2/h4-6,10,13,15,18H,3,7-9,11-12,14H2,1-2H3. The second-order valence-corrected chi connectivity index (χ2v) is 7.19. The Morgan fingerprint density at radius 1 is 1.26 bits per heavy atom. The number of hydrogen-bond acceptors (Lipinski definition) is 3. The van der Waals surface area contributed by atoms with Crippen molar-refractivity contribution in [2.45, 2.75) is 45.1 Å². The molecule has 1 aromatic heterocycles. The Kier molecular flexibility index (Phi) is 5.74. The molecule has 0 amide bonds. The second-order valence-electron chi connectivity index (χ2n) is 6.41. The highest BCUT2D eigenvalue weighted by atomic mass is 32.1. The van der Waals surface area contributed by atoms with Gasteiger partial charge in [-0.15, -0.1) is 0 Å². The zero-order chi connectivity index (χ0) is 16.1. The molecule has 1 aliphatic carbocycles. The SMILES string of the molecule is CCCN(CCc1ccsc1)C1CCc2c(cccc2OC)C1. The van der Waals surface area contributed by atoms with E-state index in [1.165, 1.54) is 49.0 Å². The van der Waals surface area contributed by atoms with E-state index in [9.17, 15) is 0 Å². The van der Waals surface area contributed by atoms with Crippen LogP contribution in [0.3, 0.4) is 0 Å². The molecule has 0 saturated heterocycles. The lowest BCUT2D eigenvalue weighted by Crippen LogP contribution is -2.41. The molecule has 1 atom stereocenters. The van der Waals surface area contributed by atoms with Crippen LogP contribution in [-0.2, 0) is 19.3 Å². The van der Waals surface area contributed by atoms with Crippen LogP contribution in [0, 0.1) is 0 Å². The fraction of sp³-hybridized carbons (Fsp3) is 0.500. The van der Waals surface area contributed by atoms with E-state index >= 15 is 0 Å². The molecule has 2 nitrogen and oxygen atoms in total. The second kappa shape index (κ2) is 7.98. The summed E-state index contributed by atoms with van der Waals surface area (Å²) >= 11 is 1.80. The molecule has 0 bridgehead atoms. The van der Waals surface area contributed by atoms with Crippen molar-refractivity contribution in [3.05, 3.63) is 51.7 Å². The van der Waals surface area contributed by atoms with E-state index < -0.39 is 0 Å². The van der Waals surface area contributed by atoms with E-state index in [0.717, 1.165) is 18.6 Å².